The fourth-order valence-corrected chi connectivity index (χ4v) is 3.51. The average Bonchev–Trinajstić information content (AvgIpc) is 2.86. The monoisotopic (exact) mass is 365 g/mol. The summed E-state index contributed by atoms with van der Waals surface area (Å²) in [6.45, 7) is 1.67. The van der Waals surface area contributed by atoms with Crippen LogP contribution in [0.15, 0.2) is 58.4 Å². The molecule has 0 aliphatic rings. The number of aryl methyl sites for hydroxylation is 1. The van der Waals surface area contributed by atoms with Crippen LogP contribution in [0.4, 0.5) is 14.5 Å². The molecule has 130 valence electrons. The molecule has 0 aliphatic heterocycles. The van der Waals surface area contributed by atoms with E-state index in [4.69, 9.17) is 0 Å². The van der Waals surface area contributed by atoms with Crippen molar-refractivity contribution in [3.63, 3.8) is 0 Å². The second kappa shape index (κ2) is 6.17. The molecule has 2 aromatic carbocycles. The molecule has 9 heteroatoms. The Hall–Kier alpha value is -2.94. The van der Waals surface area contributed by atoms with Crippen molar-refractivity contribution >= 4 is 15.7 Å². The van der Waals surface area contributed by atoms with Gasteiger partial charge in [0.25, 0.3) is 10.0 Å². The summed E-state index contributed by atoms with van der Waals surface area (Å²) in [4.78, 5) is 13.9. The number of para-hydroxylation sites is 2. The minimum atomic E-state index is -4.25. The Bertz CT molecular complexity index is 1080. The highest BCUT2D eigenvalue weighted by Crippen LogP contribution is 2.24. The predicted molar refractivity (Wildman–Crippen MR) is 88.3 cm³/mol. The van der Waals surface area contributed by atoms with Gasteiger partial charge < -0.3 is 4.98 Å². The Balaban J connectivity index is 2.09. The van der Waals surface area contributed by atoms with Gasteiger partial charge in [0.2, 0.25) is 0 Å². The van der Waals surface area contributed by atoms with Gasteiger partial charge in [0.1, 0.15) is 11.6 Å². The zero-order chi connectivity index (χ0) is 18.2. The molecule has 0 aliphatic carbocycles. The highest BCUT2D eigenvalue weighted by Gasteiger charge is 2.19. The smallest absolute Gasteiger partial charge is 0.312 e. The highest BCUT2D eigenvalue weighted by molar-refractivity contribution is 7.92. The second-order valence-corrected chi connectivity index (χ2v) is 6.98. The minimum absolute atomic E-state index is 0.0944. The van der Waals surface area contributed by atoms with Gasteiger partial charge in [-0.2, -0.15) is 0 Å². The van der Waals surface area contributed by atoms with E-state index >= 15 is 0 Å². The third-order valence-corrected chi connectivity index (χ3v) is 4.84. The van der Waals surface area contributed by atoms with Crippen molar-refractivity contribution in [2.45, 2.75) is 11.8 Å². The highest BCUT2D eigenvalue weighted by atomic mass is 32.2. The average molecular weight is 365 g/mol. The van der Waals surface area contributed by atoms with Gasteiger partial charge in [0.05, 0.1) is 16.3 Å². The van der Waals surface area contributed by atoms with E-state index in [9.17, 15) is 22.0 Å². The number of hydrogen-bond donors (Lipinski definition) is 2. The fraction of sp³-hybridized carbons (Fsp3) is 0.0625. The van der Waals surface area contributed by atoms with Crippen molar-refractivity contribution in [3.8, 4) is 5.69 Å². The van der Waals surface area contributed by atoms with Crippen molar-refractivity contribution in [1.82, 2.24) is 9.55 Å². The summed E-state index contributed by atoms with van der Waals surface area (Å²) in [6.07, 6.45) is 1.48. The summed E-state index contributed by atoms with van der Waals surface area (Å²) in [5, 5.41) is 0. The third-order valence-electron chi connectivity index (χ3n) is 3.50. The number of benzene rings is 2. The van der Waals surface area contributed by atoms with Crippen molar-refractivity contribution in [2.75, 3.05) is 4.72 Å². The summed E-state index contributed by atoms with van der Waals surface area (Å²) in [5.41, 5.74) is 0.498. The first-order valence-corrected chi connectivity index (χ1v) is 8.61. The van der Waals surface area contributed by atoms with Crippen LogP contribution in [0, 0.1) is 18.6 Å². The van der Waals surface area contributed by atoms with E-state index in [0.29, 0.717) is 23.9 Å². The van der Waals surface area contributed by atoms with E-state index in [0.717, 1.165) is 0 Å². The zero-order valence-corrected chi connectivity index (χ0v) is 13.8. The molecule has 0 fully saturated rings. The third kappa shape index (κ3) is 3.31. The van der Waals surface area contributed by atoms with Crippen LogP contribution < -0.4 is 10.4 Å². The van der Waals surface area contributed by atoms with Gasteiger partial charge in [-0.3, -0.25) is 9.29 Å². The van der Waals surface area contributed by atoms with Crippen LogP contribution in [0.5, 0.6) is 0 Å². The number of nitrogens with zero attached hydrogens (tertiary/aromatic N) is 1. The molecule has 1 heterocycles. The predicted octanol–water partition coefficient (Wildman–Crippen LogP) is 2.55. The number of H-pyrrole nitrogens is 1. The van der Waals surface area contributed by atoms with Gasteiger partial charge in [-0.25, -0.2) is 22.0 Å². The molecule has 0 bridgehead atoms. The van der Waals surface area contributed by atoms with Gasteiger partial charge >= 0.3 is 5.69 Å². The first-order chi connectivity index (χ1) is 11.8. The van der Waals surface area contributed by atoms with Crippen LogP contribution in [0.2, 0.25) is 0 Å². The molecule has 0 radical (unpaired) electrons. The lowest BCUT2D eigenvalue weighted by atomic mass is 10.2. The number of aromatic amines is 1. The van der Waals surface area contributed by atoms with Crippen LogP contribution in [0.3, 0.4) is 0 Å². The number of halogens is 2. The second-order valence-electron chi connectivity index (χ2n) is 5.30. The molecule has 0 saturated heterocycles. The molecule has 25 heavy (non-hydrogen) atoms. The van der Waals surface area contributed by atoms with Crippen molar-refractivity contribution in [3.05, 3.63) is 76.5 Å². The van der Waals surface area contributed by atoms with Crippen LogP contribution in [-0.2, 0) is 10.0 Å². The maximum atomic E-state index is 13.3. The van der Waals surface area contributed by atoms with Crippen LogP contribution in [0.25, 0.3) is 5.69 Å². The normalized spacial score (nSPS) is 11.5. The molecule has 3 rings (SSSR count). The van der Waals surface area contributed by atoms with E-state index in [1.807, 2.05) is 0 Å². The van der Waals surface area contributed by atoms with E-state index in [1.54, 1.807) is 25.1 Å². The quantitative estimate of drug-likeness (QED) is 0.745. The van der Waals surface area contributed by atoms with E-state index in [-0.39, 0.29) is 11.4 Å². The summed E-state index contributed by atoms with van der Waals surface area (Å²) < 4.78 is 55.1. The molecular weight excluding hydrogens is 352 g/mol. The number of rotatable bonds is 4. The Kier molecular flexibility index (Phi) is 4.17. The molecule has 1 aromatic heterocycles. The zero-order valence-electron chi connectivity index (χ0n) is 13.0. The number of imidazole rings is 1. The van der Waals surface area contributed by atoms with Crippen LogP contribution in [-0.4, -0.2) is 18.0 Å². The lowest BCUT2D eigenvalue weighted by Crippen LogP contribution is -2.20. The van der Waals surface area contributed by atoms with Gasteiger partial charge in [0, 0.05) is 18.0 Å². The molecule has 0 spiro atoms. The molecule has 2 N–H and O–H groups in total. The van der Waals surface area contributed by atoms with Crippen molar-refractivity contribution in [1.29, 1.82) is 0 Å². The van der Waals surface area contributed by atoms with E-state index in [2.05, 4.69) is 9.71 Å². The number of aromatic nitrogens is 2. The lowest BCUT2D eigenvalue weighted by Gasteiger charge is -2.14. The lowest BCUT2D eigenvalue weighted by molar-refractivity contribution is 0.568. The Morgan fingerprint density at radius 3 is 2.32 bits per heavy atom. The van der Waals surface area contributed by atoms with Crippen molar-refractivity contribution in [2.24, 2.45) is 0 Å². The van der Waals surface area contributed by atoms with Gasteiger partial charge in [-0.1, -0.05) is 12.1 Å². The van der Waals surface area contributed by atoms with Gasteiger partial charge in [-0.15, -0.1) is 0 Å². The topological polar surface area (TPSA) is 84.0 Å². The summed E-state index contributed by atoms with van der Waals surface area (Å²) >= 11 is 0. The van der Waals surface area contributed by atoms with Crippen molar-refractivity contribution < 1.29 is 17.2 Å². The molecule has 3 aromatic rings. The number of nitrogens with one attached hydrogen (secondary N) is 2. The number of sulfonamides is 1. The molecule has 0 atom stereocenters. The van der Waals surface area contributed by atoms with Crippen LogP contribution >= 0.6 is 0 Å². The molecule has 0 unspecified atom stereocenters. The van der Waals surface area contributed by atoms with E-state index < -0.39 is 32.2 Å². The van der Waals surface area contributed by atoms with E-state index in [1.165, 1.54) is 16.8 Å². The summed E-state index contributed by atoms with van der Waals surface area (Å²) in [6, 6.07) is 8.20. The maximum Gasteiger partial charge on any atom is 0.330 e. The summed E-state index contributed by atoms with van der Waals surface area (Å²) in [7, 11) is -4.25. The first kappa shape index (κ1) is 16.9. The standard InChI is InChI=1S/C16H13F2N3O3S/c1-10-9-19-16(22)21(10)15-5-3-2-4-14(15)20-25(23,24)13-7-11(17)6-12(18)8-13/h2-9,20H,1H3,(H,19,22). The van der Waals surface area contributed by atoms with Crippen LogP contribution in [0.1, 0.15) is 5.69 Å². The minimum Gasteiger partial charge on any atom is -0.312 e. The molecular formula is C16H13F2N3O3S. The van der Waals surface area contributed by atoms with Gasteiger partial charge in [0.15, 0.2) is 0 Å². The Morgan fingerprint density at radius 2 is 1.72 bits per heavy atom. The number of hydrogen-bond acceptors (Lipinski definition) is 3. The summed E-state index contributed by atoms with van der Waals surface area (Å²) in [5.74, 6) is -2.02. The Morgan fingerprint density at radius 1 is 1.08 bits per heavy atom. The fourth-order valence-electron chi connectivity index (χ4n) is 2.40. The molecule has 0 amide bonds. The van der Waals surface area contributed by atoms with Gasteiger partial charge in [-0.05, 0) is 31.2 Å². The SMILES string of the molecule is Cc1c[nH]c(=O)n1-c1ccccc1NS(=O)(=O)c1cc(F)cc(F)c1. The molecule has 0 saturated carbocycles. The number of anilines is 1. The maximum absolute atomic E-state index is 13.3. The first-order valence-electron chi connectivity index (χ1n) is 7.13. The largest absolute Gasteiger partial charge is 0.330 e. The Labute approximate surface area is 141 Å². The molecule has 6 nitrogen and oxygen atoms in total.